The molecule has 1 unspecified atom stereocenters. The first-order chi connectivity index (χ1) is 9.42. The summed E-state index contributed by atoms with van der Waals surface area (Å²) in [5.74, 6) is -0.127. The lowest BCUT2D eigenvalue weighted by molar-refractivity contribution is -0.139. The Labute approximate surface area is 118 Å². The zero-order valence-corrected chi connectivity index (χ0v) is 12.2. The fraction of sp³-hybridized carbons (Fsp3) is 0.600. The number of carbonyl (C=O) groups is 1. The maximum absolute atomic E-state index is 13.0. The molecule has 0 aromatic carbocycles. The van der Waals surface area contributed by atoms with Gasteiger partial charge in [0.15, 0.2) is 0 Å². The van der Waals surface area contributed by atoms with E-state index in [0.717, 1.165) is 12.8 Å². The Kier molecular flexibility index (Phi) is 4.26. The fourth-order valence-electron chi connectivity index (χ4n) is 2.21. The van der Waals surface area contributed by atoms with Crippen LogP contribution in [0.5, 0.6) is 5.88 Å². The van der Waals surface area contributed by atoms with Gasteiger partial charge in [0.2, 0.25) is 17.7 Å². The molecule has 2 heterocycles. The Hall–Kier alpha value is -1.65. The fourth-order valence-corrected chi connectivity index (χ4v) is 2.21. The normalized spacial score (nSPS) is 19.2. The SMILES string of the molecule is CCC(C)(C)C(=O)N1CCC(Oc2cccc(F)n2)C1. The molecule has 0 radical (unpaired) electrons. The van der Waals surface area contributed by atoms with Gasteiger partial charge in [-0.15, -0.1) is 0 Å². The molecular weight excluding hydrogens is 259 g/mol. The van der Waals surface area contributed by atoms with Gasteiger partial charge in [0.1, 0.15) is 6.10 Å². The van der Waals surface area contributed by atoms with Crippen molar-refractivity contribution in [2.45, 2.75) is 39.7 Å². The second-order valence-electron chi connectivity index (χ2n) is 5.82. The van der Waals surface area contributed by atoms with Gasteiger partial charge in [-0.2, -0.15) is 9.37 Å². The van der Waals surface area contributed by atoms with Crippen molar-refractivity contribution in [3.63, 3.8) is 0 Å². The topological polar surface area (TPSA) is 42.4 Å². The van der Waals surface area contributed by atoms with Gasteiger partial charge >= 0.3 is 0 Å². The molecule has 1 aliphatic heterocycles. The summed E-state index contributed by atoms with van der Waals surface area (Å²) >= 11 is 0. The highest BCUT2D eigenvalue weighted by Crippen LogP contribution is 2.26. The summed E-state index contributed by atoms with van der Waals surface area (Å²) in [6.45, 7) is 7.15. The second kappa shape index (κ2) is 5.77. The third kappa shape index (κ3) is 3.26. The van der Waals surface area contributed by atoms with Crippen molar-refractivity contribution in [3.8, 4) is 5.88 Å². The molecule has 1 aromatic rings. The summed E-state index contributed by atoms with van der Waals surface area (Å²) < 4.78 is 18.6. The van der Waals surface area contributed by atoms with E-state index in [1.165, 1.54) is 6.07 Å². The van der Waals surface area contributed by atoms with E-state index in [-0.39, 0.29) is 23.3 Å². The number of amides is 1. The van der Waals surface area contributed by atoms with Gasteiger partial charge in [-0.1, -0.05) is 26.8 Å². The predicted octanol–water partition coefficient (Wildman–Crippen LogP) is 2.64. The number of rotatable bonds is 4. The van der Waals surface area contributed by atoms with Crippen LogP contribution >= 0.6 is 0 Å². The Bertz CT molecular complexity index is 491. The molecule has 1 aromatic heterocycles. The van der Waals surface area contributed by atoms with Gasteiger partial charge < -0.3 is 9.64 Å². The van der Waals surface area contributed by atoms with Crippen LogP contribution in [0.1, 0.15) is 33.6 Å². The van der Waals surface area contributed by atoms with E-state index >= 15 is 0 Å². The molecule has 1 fully saturated rings. The highest BCUT2D eigenvalue weighted by atomic mass is 19.1. The lowest BCUT2D eigenvalue weighted by Crippen LogP contribution is -2.40. The largest absolute Gasteiger partial charge is 0.472 e. The lowest BCUT2D eigenvalue weighted by Gasteiger charge is -2.28. The molecule has 2 rings (SSSR count). The molecule has 1 saturated heterocycles. The standard InChI is InChI=1S/C15H21FN2O2/c1-4-15(2,3)14(19)18-9-8-11(10-18)20-13-7-5-6-12(16)17-13/h5-7,11H,4,8-10H2,1-3H3. The third-order valence-corrected chi connectivity index (χ3v) is 3.87. The summed E-state index contributed by atoms with van der Waals surface area (Å²) in [5, 5.41) is 0. The van der Waals surface area contributed by atoms with E-state index in [4.69, 9.17) is 4.74 Å². The molecule has 4 nitrogen and oxygen atoms in total. The molecule has 1 atom stereocenters. The van der Waals surface area contributed by atoms with E-state index < -0.39 is 5.95 Å². The van der Waals surface area contributed by atoms with E-state index in [1.54, 1.807) is 12.1 Å². The molecular formula is C15H21FN2O2. The monoisotopic (exact) mass is 280 g/mol. The Morgan fingerprint density at radius 2 is 2.30 bits per heavy atom. The number of ether oxygens (including phenoxy) is 1. The predicted molar refractivity (Wildman–Crippen MR) is 73.9 cm³/mol. The first kappa shape index (κ1) is 14.8. The number of likely N-dealkylation sites (tertiary alicyclic amines) is 1. The number of hydrogen-bond donors (Lipinski definition) is 0. The Morgan fingerprint density at radius 1 is 1.55 bits per heavy atom. The van der Waals surface area contributed by atoms with Crippen LogP contribution in [0.2, 0.25) is 0 Å². The van der Waals surface area contributed by atoms with Crippen molar-refractivity contribution in [2.75, 3.05) is 13.1 Å². The Balaban J connectivity index is 1.94. The van der Waals surface area contributed by atoms with Gasteiger partial charge in [-0.25, -0.2) is 0 Å². The van der Waals surface area contributed by atoms with Gasteiger partial charge in [-0.05, 0) is 12.5 Å². The van der Waals surface area contributed by atoms with Crippen LogP contribution in [0.3, 0.4) is 0 Å². The molecule has 0 saturated carbocycles. The molecule has 20 heavy (non-hydrogen) atoms. The summed E-state index contributed by atoms with van der Waals surface area (Å²) in [4.78, 5) is 17.9. The first-order valence-electron chi connectivity index (χ1n) is 7.01. The van der Waals surface area contributed by atoms with Crippen molar-refractivity contribution in [1.29, 1.82) is 0 Å². The van der Waals surface area contributed by atoms with Crippen LogP contribution in [0.4, 0.5) is 4.39 Å². The van der Waals surface area contributed by atoms with Crippen LogP contribution in [-0.2, 0) is 4.79 Å². The summed E-state index contributed by atoms with van der Waals surface area (Å²) in [5.41, 5.74) is -0.341. The maximum atomic E-state index is 13.0. The van der Waals surface area contributed by atoms with Gasteiger partial charge in [-0.3, -0.25) is 4.79 Å². The average molecular weight is 280 g/mol. The minimum atomic E-state index is -0.555. The van der Waals surface area contributed by atoms with E-state index in [2.05, 4.69) is 4.98 Å². The minimum absolute atomic E-state index is 0.110. The van der Waals surface area contributed by atoms with Crippen LogP contribution in [0, 0.1) is 11.4 Å². The molecule has 110 valence electrons. The molecule has 0 bridgehead atoms. The Morgan fingerprint density at radius 3 is 2.95 bits per heavy atom. The van der Waals surface area contributed by atoms with Gasteiger partial charge in [0.05, 0.1) is 6.54 Å². The highest BCUT2D eigenvalue weighted by molar-refractivity contribution is 5.82. The molecule has 1 amide bonds. The van der Waals surface area contributed by atoms with Crippen LogP contribution in [-0.4, -0.2) is 35.0 Å². The highest BCUT2D eigenvalue weighted by Gasteiger charge is 2.35. The number of nitrogens with zero attached hydrogens (tertiary/aromatic N) is 2. The zero-order valence-electron chi connectivity index (χ0n) is 12.2. The maximum Gasteiger partial charge on any atom is 0.228 e. The van der Waals surface area contributed by atoms with Crippen molar-refractivity contribution >= 4 is 5.91 Å². The first-order valence-corrected chi connectivity index (χ1v) is 7.01. The number of hydrogen-bond acceptors (Lipinski definition) is 3. The summed E-state index contributed by atoms with van der Waals surface area (Å²) in [6, 6.07) is 4.47. The average Bonchev–Trinajstić information content (AvgIpc) is 2.86. The molecule has 1 aliphatic rings. The minimum Gasteiger partial charge on any atom is -0.472 e. The van der Waals surface area contributed by atoms with Crippen molar-refractivity contribution < 1.29 is 13.9 Å². The summed E-state index contributed by atoms with van der Waals surface area (Å²) in [6.07, 6.45) is 1.45. The molecule has 0 aliphatic carbocycles. The summed E-state index contributed by atoms with van der Waals surface area (Å²) in [7, 11) is 0. The number of pyridine rings is 1. The van der Waals surface area contributed by atoms with Gasteiger partial charge in [0, 0.05) is 24.4 Å². The smallest absolute Gasteiger partial charge is 0.228 e. The van der Waals surface area contributed by atoms with E-state index in [1.807, 2.05) is 25.7 Å². The quantitative estimate of drug-likeness (QED) is 0.796. The van der Waals surface area contributed by atoms with Crippen LogP contribution < -0.4 is 4.74 Å². The second-order valence-corrected chi connectivity index (χ2v) is 5.82. The molecule has 5 heteroatoms. The lowest BCUT2D eigenvalue weighted by atomic mass is 9.89. The third-order valence-electron chi connectivity index (χ3n) is 3.87. The van der Waals surface area contributed by atoms with E-state index in [9.17, 15) is 9.18 Å². The number of halogens is 1. The molecule has 0 spiro atoms. The van der Waals surface area contributed by atoms with Crippen molar-refractivity contribution in [3.05, 3.63) is 24.1 Å². The number of aromatic nitrogens is 1. The van der Waals surface area contributed by atoms with Crippen LogP contribution in [0.15, 0.2) is 18.2 Å². The molecule has 0 N–H and O–H groups in total. The van der Waals surface area contributed by atoms with Crippen molar-refractivity contribution in [1.82, 2.24) is 9.88 Å². The van der Waals surface area contributed by atoms with Gasteiger partial charge in [0.25, 0.3) is 0 Å². The number of carbonyl (C=O) groups excluding carboxylic acids is 1. The van der Waals surface area contributed by atoms with Crippen molar-refractivity contribution in [2.24, 2.45) is 5.41 Å². The zero-order chi connectivity index (χ0) is 14.8. The van der Waals surface area contributed by atoms with E-state index in [0.29, 0.717) is 13.1 Å². The van der Waals surface area contributed by atoms with Crippen LogP contribution in [0.25, 0.3) is 0 Å².